The fourth-order valence-corrected chi connectivity index (χ4v) is 5.82. The maximum atomic E-state index is 13.0. The zero-order chi connectivity index (χ0) is 22.9. The highest BCUT2D eigenvalue weighted by atomic mass is 32.2. The fraction of sp³-hybridized carbons (Fsp3) is 0.238. The van der Waals surface area contributed by atoms with Crippen molar-refractivity contribution in [2.45, 2.75) is 29.6 Å². The zero-order valence-electron chi connectivity index (χ0n) is 17.4. The lowest BCUT2D eigenvalue weighted by Gasteiger charge is -2.17. The van der Waals surface area contributed by atoms with Gasteiger partial charge in [0.15, 0.2) is 5.82 Å². The first-order valence-electron chi connectivity index (χ1n) is 9.99. The molecule has 0 bridgehead atoms. The number of hydrogen-bond acceptors (Lipinski definition) is 7. The molecule has 168 valence electrons. The van der Waals surface area contributed by atoms with Gasteiger partial charge in [-0.2, -0.15) is 4.31 Å². The van der Waals surface area contributed by atoms with Gasteiger partial charge >= 0.3 is 0 Å². The molecule has 0 atom stereocenters. The molecule has 0 aliphatic carbocycles. The van der Waals surface area contributed by atoms with Crippen LogP contribution in [0.15, 0.2) is 64.4 Å². The second kappa shape index (κ2) is 8.58. The molecule has 32 heavy (non-hydrogen) atoms. The SMILES string of the molecule is Cc1ccc(-c2ccc(Nc3ccc(S(N)(=O)=O)cc3)nn2)cc1S(=O)(=O)N1CCCC1. The number of aromatic nitrogens is 2. The van der Waals surface area contributed by atoms with E-state index < -0.39 is 20.0 Å². The monoisotopic (exact) mass is 473 g/mol. The quantitative estimate of drug-likeness (QED) is 0.562. The second-order valence-corrected chi connectivity index (χ2v) is 11.1. The van der Waals surface area contributed by atoms with Crippen molar-refractivity contribution in [3.8, 4) is 11.3 Å². The van der Waals surface area contributed by atoms with Crippen LogP contribution in [0.1, 0.15) is 18.4 Å². The largest absolute Gasteiger partial charge is 0.339 e. The summed E-state index contributed by atoms with van der Waals surface area (Å²) in [4.78, 5) is 0.305. The molecule has 11 heteroatoms. The molecule has 0 amide bonds. The van der Waals surface area contributed by atoms with Gasteiger partial charge in [0.25, 0.3) is 0 Å². The van der Waals surface area contributed by atoms with Crippen LogP contribution in [0.25, 0.3) is 11.3 Å². The molecular weight excluding hydrogens is 450 g/mol. The van der Waals surface area contributed by atoms with Crippen molar-refractivity contribution in [3.63, 3.8) is 0 Å². The number of sulfonamides is 2. The predicted molar refractivity (Wildman–Crippen MR) is 121 cm³/mol. The molecule has 1 saturated heterocycles. The Kier molecular flexibility index (Phi) is 5.99. The number of rotatable bonds is 6. The van der Waals surface area contributed by atoms with Crippen LogP contribution in [0, 0.1) is 6.92 Å². The summed E-state index contributed by atoms with van der Waals surface area (Å²) in [6.07, 6.45) is 1.76. The summed E-state index contributed by atoms with van der Waals surface area (Å²) in [5, 5.41) is 16.5. The van der Waals surface area contributed by atoms with E-state index in [2.05, 4.69) is 15.5 Å². The fourth-order valence-electron chi connectivity index (χ4n) is 3.53. The van der Waals surface area contributed by atoms with Gasteiger partial charge < -0.3 is 5.32 Å². The Balaban J connectivity index is 1.55. The van der Waals surface area contributed by atoms with Gasteiger partial charge in [-0.3, -0.25) is 0 Å². The molecule has 1 aromatic heterocycles. The highest BCUT2D eigenvalue weighted by Crippen LogP contribution is 2.28. The van der Waals surface area contributed by atoms with Gasteiger partial charge in [-0.1, -0.05) is 12.1 Å². The minimum absolute atomic E-state index is 0.0172. The van der Waals surface area contributed by atoms with Gasteiger partial charge in [-0.15, -0.1) is 10.2 Å². The number of benzene rings is 2. The van der Waals surface area contributed by atoms with Crippen LogP contribution in [0.3, 0.4) is 0 Å². The van der Waals surface area contributed by atoms with E-state index in [1.165, 1.54) is 16.4 Å². The number of aryl methyl sites for hydroxylation is 1. The van der Waals surface area contributed by atoms with E-state index in [-0.39, 0.29) is 9.79 Å². The van der Waals surface area contributed by atoms with Crippen molar-refractivity contribution >= 4 is 31.6 Å². The third kappa shape index (κ3) is 4.65. The van der Waals surface area contributed by atoms with Gasteiger partial charge in [0.05, 0.1) is 15.5 Å². The summed E-state index contributed by atoms with van der Waals surface area (Å²) >= 11 is 0. The van der Waals surface area contributed by atoms with Crippen LogP contribution < -0.4 is 10.5 Å². The molecule has 0 saturated carbocycles. The average molecular weight is 474 g/mol. The van der Waals surface area contributed by atoms with E-state index in [1.54, 1.807) is 43.3 Å². The molecule has 9 nitrogen and oxygen atoms in total. The molecule has 4 rings (SSSR count). The zero-order valence-corrected chi connectivity index (χ0v) is 19.0. The third-order valence-corrected chi connectivity index (χ3v) is 8.26. The molecule has 2 heterocycles. The summed E-state index contributed by atoms with van der Waals surface area (Å²) in [5.41, 5.74) is 2.51. The molecule has 2 aromatic carbocycles. The topological polar surface area (TPSA) is 135 Å². The Morgan fingerprint density at radius 1 is 0.906 bits per heavy atom. The number of nitrogens with two attached hydrogens (primary N) is 1. The summed E-state index contributed by atoms with van der Waals surface area (Å²) in [5.74, 6) is 0.453. The van der Waals surface area contributed by atoms with E-state index >= 15 is 0 Å². The first kappa shape index (κ1) is 22.3. The smallest absolute Gasteiger partial charge is 0.243 e. The van der Waals surface area contributed by atoms with Crippen LogP contribution >= 0.6 is 0 Å². The normalized spacial score (nSPS) is 15.1. The van der Waals surface area contributed by atoms with Gasteiger partial charge in [0.1, 0.15) is 0 Å². The summed E-state index contributed by atoms with van der Waals surface area (Å²) in [7, 11) is -7.29. The van der Waals surface area contributed by atoms with Gasteiger partial charge in [-0.25, -0.2) is 22.0 Å². The van der Waals surface area contributed by atoms with E-state index in [0.717, 1.165) is 12.8 Å². The minimum Gasteiger partial charge on any atom is -0.339 e. The second-order valence-electron chi connectivity index (χ2n) is 7.59. The van der Waals surface area contributed by atoms with Crippen molar-refractivity contribution in [2.75, 3.05) is 18.4 Å². The molecular formula is C21H23N5O4S2. The lowest BCUT2D eigenvalue weighted by Crippen LogP contribution is -2.28. The number of hydrogen-bond donors (Lipinski definition) is 2. The Bertz CT molecular complexity index is 1330. The Hall–Kier alpha value is -2.86. The summed E-state index contributed by atoms with van der Waals surface area (Å²) < 4.78 is 50.3. The highest BCUT2D eigenvalue weighted by Gasteiger charge is 2.28. The molecule has 3 N–H and O–H groups in total. The molecule has 1 aliphatic rings. The van der Waals surface area contributed by atoms with Crippen molar-refractivity contribution in [2.24, 2.45) is 5.14 Å². The van der Waals surface area contributed by atoms with E-state index in [9.17, 15) is 16.8 Å². The third-order valence-electron chi connectivity index (χ3n) is 5.29. The lowest BCUT2D eigenvalue weighted by molar-refractivity contribution is 0.477. The summed E-state index contributed by atoms with van der Waals surface area (Å²) in [6, 6.07) is 14.6. The molecule has 1 fully saturated rings. The maximum Gasteiger partial charge on any atom is 0.243 e. The van der Waals surface area contributed by atoms with Crippen molar-refractivity contribution in [1.29, 1.82) is 0 Å². The molecule has 3 aromatic rings. The predicted octanol–water partition coefficient (Wildman–Crippen LogP) is 2.63. The highest BCUT2D eigenvalue weighted by molar-refractivity contribution is 7.89. The van der Waals surface area contributed by atoms with Crippen LogP contribution in [-0.4, -0.2) is 44.4 Å². The van der Waals surface area contributed by atoms with Gasteiger partial charge in [-0.05, 0) is 67.8 Å². The van der Waals surface area contributed by atoms with Gasteiger partial charge in [0, 0.05) is 24.3 Å². The molecule has 1 aliphatic heterocycles. The standard InChI is InChI=1S/C21H23N5O4S2/c1-15-4-5-16(14-20(15)32(29,30)26-12-2-3-13-26)19-10-11-21(25-24-19)23-17-6-8-18(9-7-17)31(22,27)28/h4-11,14H,2-3,12-13H2,1H3,(H,23,25)(H2,22,27,28). The van der Waals surface area contributed by atoms with Crippen molar-refractivity contribution in [3.05, 3.63) is 60.2 Å². The van der Waals surface area contributed by atoms with Crippen LogP contribution in [0.4, 0.5) is 11.5 Å². The van der Waals surface area contributed by atoms with E-state index in [0.29, 0.717) is 41.4 Å². The maximum absolute atomic E-state index is 13.0. The first-order valence-corrected chi connectivity index (χ1v) is 13.0. The van der Waals surface area contributed by atoms with Crippen LogP contribution in [0.5, 0.6) is 0 Å². The Morgan fingerprint density at radius 3 is 2.19 bits per heavy atom. The van der Waals surface area contributed by atoms with E-state index in [4.69, 9.17) is 5.14 Å². The number of nitrogens with one attached hydrogen (secondary N) is 1. The van der Waals surface area contributed by atoms with Crippen LogP contribution in [-0.2, 0) is 20.0 Å². The van der Waals surface area contributed by atoms with Crippen molar-refractivity contribution < 1.29 is 16.8 Å². The van der Waals surface area contributed by atoms with Gasteiger partial charge in [0.2, 0.25) is 20.0 Å². The Morgan fingerprint density at radius 2 is 1.59 bits per heavy atom. The minimum atomic E-state index is -3.75. The molecule has 0 unspecified atom stereocenters. The van der Waals surface area contributed by atoms with E-state index in [1.807, 2.05) is 6.07 Å². The van der Waals surface area contributed by atoms with Crippen LogP contribution in [0.2, 0.25) is 0 Å². The average Bonchev–Trinajstić information content (AvgIpc) is 3.30. The van der Waals surface area contributed by atoms with Crippen molar-refractivity contribution in [1.82, 2.24) is 14.5 Å². The Labute approximate surface area is 187 Å². The number of nitrogens with zero attached hydrogens (tertiary/aromatic N) is 3. The number of primary sulfonamides is 1. The molecule has 0 radical (unpaired) electrons. The molecule has 0 spiro atoms. The lowest BCUT2D eigenvalue weighted by atomic mass is 10.1. The first-order chi connectivity index (χ1) is 15.1. The summed E-state index contributed by atoms with van der Waals surface area (Å²) in [6.45, 7) is 2.88. The number of anilines is 2.